The average Bonchev–Trinajstić information content (AvgIpc) is 2.80. The van der Waals surface area contributed by atoms with Gasteiger partial charge in [-0.25, -0.2) is 8.42 Å². The van der Waals surface area contributed by atoms with Crippen molar-refractivity contribution in [2.75, 3.05) is 20.1 Å². The summed E-state index contributed by atoms with van der Waals surface area (Å²) in [4.78, 5) is 0.154. The second kappa shape index (κ2) is 5.46. The Hall–Kier alpha value is -0.140. The third-order valence-electron chi connectivity index (χ3n) is 3.10. The van der Waals surface area contributed by atoms with Gasteiger partial charge in [-0.2, -0.15) is 4.31 Å². The van der Waals surface area contributed by atoms with Crippen LogP contribution in [0.3, 0.4) is 0 Å². The maximum Gasteiger partial charge on any atom is 0.244 e. The highest BCUT2D eigenvalue weighted by Crippen LogP contribution is 2.28. The fraction of sp³-hybridized carbons (Fsp3) is 0.455. The third-order valence-corrected chi connectivity index (χ3v) is 5.99. The SMILES string of the molecule is CN(C1CCNC1)S(=O)(=O)c1ccc(Br)cc1Cl. The summed E-state index contributed by atoms with van der Waals surface area (Å²) in [5.74, 6) is 0. The molecule has 1 N–H and O–H groups in total. The minimum atomic E-state index is -3.53. The van der Waals surface area contributed by atoms with E-state index >= 15 is 0 Å². The van der Waals surface area contributed by atoms with Crippen molar-refractivity contribution >= 4 is 37.6 Å². The molecule has 0 radical (unpaired) electrons. The van der Waals surface area contributed by atoms with Crippen LogP contribution in [-0.2, 0) is 10.0 Å². The van der Waals surface area contributed by atoms with Crippen LogP contribution in [0.15, 0.2) is 27.6 Å². The molecule has 0 amide bonds. The Bertz CT molecular complexity index is 544. The molecule has 2 rings (SSSR count). The number of sulfonamides is 1. The van der Waals surface area contributed by atoms with Crippen LogP contribution in [0.25, 0.3) is 0 Å². The fourth-order valence-corrected chi connectivity index (χ4v) is 4.38. The standard InChI is InChI=1S/C11H14BrClN2O2S/c1-15(9-4-5-14-7-9)18(16,17)11-3-2-8(12)6-10(11)13/h2-3,6,9,14H,4-5,7H2,1H3. The first-order valence-electron chi connectivity index (χ1n) is 5.57. The zero-order valence-electron chi connectivity index (χ0n) is 9.86. The van der Waals surface area contributed by atoms with Crippen molar-refractivity contribution < 1.29 is 8.42 Å². The van der Waals surface area contributed by atoms with Crippen LogP contribution in [0, 0.1) is 0 Å². The molecule has 18 heavy (non-hydrogen) atoms. The van der Waals surface area contributed by atoms with E-state index in [1.54, 1.807) is 19.2 Å². The summed E-state index contributed by atoms with van der Waals surface area (Å²) in [7, 11) is -1.93. The quantitative estimate of drug-likeness (QED) is 0.905. The van der Waals surface area contributed by atoms with E-state index in [-0.39, 0.29) is 16.0 Å². The molecular formula is C11H14BrClN2O2S. The Morgan fingerprint density at radius 3 is 2.78 bits per heavy atom. The lowest BCUT2D eigenvalue weighted by Crippen LogP contribution is -2.38. The van der Waals surface area contributed by atoms with Crippen molar-refractivity contribution in [3.05, 3.63) is 27.7 Å². The summed E-state index contributed by atoms with van der Waals surface area (Å²) in [5.41, 5.74) is 0. The number of nitrogens with zero attached hydrogens (tertiary/aromatic N) is 1. The van der Waals surface area contributed by atoms with E-state index < -0.39 is 10.0 Å². The van der Waals surface area contributed by atoms with E-state index in [1.165, 1.54) is 10.4 Å². The first kappa shape index (κ1) is 14.3. The smallest absolute Gasteiger partial charge is 0.244 e. The lowest BCUT2D eigenvalue weighted by atomic mass is 10.3. The fourth-order valence-electron chi connectivity index (χ4n) is 1.99. The second-order valence-corrected chi connectivity index (χ2v) is 7.53. The van der Waals surface area contributed by atoms with Crippen LogP contribution in [0.2, 0.25) is 5.02 Å². The molecule has 0 aromatic heterocycles. The molecule has 7 heteroatoms. The minimum absolute atomic E-state index is 0.00489. The van der Waals surface area contributed by atoms with Gasteiger partial charge in [0.05, 0.1) is 5.02 Å². The summed E-state index contributed by atoms with van der Waals surface area (Å²) >= 11 is 9.28. The van der Waals surface area contributed by atoms with E-state index in [4.69, 9.17) is 11.6 Å². The van der Waals surface area contributed by atoms with Crippen molar-refractivity contribution in [2.24, 2.45) is 0 Å². The number of nitrogens with one attached hydrogen (secondary N) is 1. The Kier molecular flexibility index (Phi) is 4.33. The first-order chi connectivity index (χ1) is 8.43. The lowest BCUT2D eigenvalue weighted by Gasteiger charge is -2.23. The van der Waals surface area contributed by atoms with E-state index in [1.807, 2.05) is 0 Å². The van der Waals surface area contributed by atoms with Crippen LogP contribution in [0.5, 0.6) is 0 Å². The highest BCUT2D eigenvalue weighted by molar-refractivity contribution is 9.10. The number of hydrogen-bond donors (Lipinski definition) is 1. The van der Waals surface area contributed by atoms with Crippen LogP contribution < -0.4 is 5.32 Å². The van der Waals surface area contributed by atoms with Crippen molar-refractivity contribution in [3.63, 3.8) is 0 Å². The van der Waals surface area contributed by atoms with Gasteiger partial charge in [-0.3, -0.25) is 0 Å². The van der Waals surface area contributed by atoms with Gasteiger partial charge >= 0.3 is 0 Å². The minimum Gasteiger partial charge on any atom is -0.315 e. The highest BCUT2D eigenvalue weighted by atomic mass is 79.9. The molecular weight excluding hydrogens is 340 g/mol. The molecule has 1 aromatic rings. The summed E-state index contributed by atoms with van der Waals surface area (Å²) in [6, 6.07) is 4.80. The number of rotatable bonds is 3. The van der Waals surface area contributed by atoms with E-state index in [9.17, 15) is 8.42 Å². The third kappa shape index (κ3) is 2.72. The van der Waals surface area contributed by atoms with Crippen molar-refractivity contribution in [1.29, 1.82) is 0 Å². The highest BCUT2D eigenvalue weighted by Gasteiger charge is 2.31. The molecule has 100 valence electrons. The predicted octanol–water partition coefficient (Wildman–Crippen LogP) is 2.08. The van der Waals surface area contributed by atoms with Crippen molar-refractivity contribution in [2.45, 2.75) is 17.4 Å². The Morgan fingerprint density at radius 1 is 1.50 bits per heavy atom. The van der Waals surface area contributed by atoms with Gasteiger partial charge in [0, 0.05) is 24.1 Å². The van der Waals surface area contributed by atoms with Gasteiger partial charge < -0.3 is 5.32 Å². The van der Waals surface area contributed by atoms with Crippen LogP contribution in [-0.4, -0.2) is 38.9 Å². The summed E-state index contributed by atoms with van der Waals surface area (Å²) in [6.07, 6.45) is 0.823. The molecule has 1 unspecified atom stereocenters. The summed E-state index contributed by atoms with van der Waals surface area (Å²) in [6.45, 7) is 1.53. The Morgan fingerprint density at radius 2 is 2.22 bits per heavy atom. The van der Waals surface area contributed by atoms with Crippen molar-refractivity contribution in [1.82, 2.24) is 9.62 Å². The van der Waals surface area contributed by atoms with Crippen LogP contribution in [0.4, 0.5) is 0 Å². The van der Waals surface area contributed by atoms with E-state index in [2.05, 4.69) is 21.2 Å². The van der Waals surface area contributed by atoms with E-state index in [0.717, 1.165) is 17.4 Å². The van der Waals surface area contributed by atoms with Gasteiger partial charge in [0.25, 0.3) is 0 Å². The first-order valence-corrected chi connectivity index (χ1v) is 8.18. The van der Waals surface area contributed by atoms with Crippen LogP contribution >= 0.6 is 27.5 Å². The van der Waals surface area contributed by atoms with E-state index in [0.29, 0.717) is 6.54 Å². The largest absolute Gasteiger partial charge is 0.315 e. The number of hydrogen-bond acceptors (Lipinski definition) is 3. The van der Waals surface area contributed by atoms with Gasteiger partial charge in [0.15, 0.2) is 0 Å². The molecule has 1 fully saturated rings. The summed E-state index contributed by atoms with van der Waals surface area (Å²) < 4.78 is 27.1. The topological polar surface area (TPSA) is 49.4 Å². The zero-order valence-corrected chi connectivity index (χ0v) is 13.0. The molecule has 1 atom stereocenters. The molecule has 0 saturated carbocycles. The predicted molar refractivity (Wildman–Crippen MR) is 75.4 cm³/mol. The van der Waals surface area contributed by atoms with Gasteiger partial charge in [0.1, 0.15) is 4.90 Å². The molecule has 4 nitrogen and oxygen atoms in total. The summed E-state index contributed by atoms with van der Waals surface area (Å²) in [5, 5.41) is 3.39. The molecule has 1 heterocycles. The molecule has 0 bridgehead atoms. The maximum absolute atomic E-state index is 12.4. The normalized spacial score (nSPS) is 20.6. The Labute approximate surface area is 120 Å². The molecule has 0 aliphatic carbocycles. The number of halogens is 2. The molecule has 1 aliphatic heterocycles. The van der Waals surface area contributed by atoms with Gasteiger partial charge in [-0.15, -0.1) is 0 Å². The average molecular weight is 354 g/mol. The molecule has 1 aromatic carbocycles. The molecule has 1 aliphatic rings. The van der Waals surface area contributed by atoms with Crippen LogP contribution in [0.1, 0.15) is 6.42 Å². The second-order valence-electron chi connectivity index (χ2n) is 4.24. The lowest BCUT2D eigenvalue weighted by molar-refractivity contribution is 0.388. The molecule has 0 spiro atoms. The Balaban J connectivity index is 2.35. The molecule has 1 saturated heterocycles. The number of likely N-dealkylation sites (N-methyl/N-ethyl adjacent to an activating group) is 1. The van der Waals surface area contributed by atoms with Gasteiger partial charge in [0.2, 0.25) is 10.0 Å². The monoisotopic (exact) mass is 352 g/mol. The van der Waals surface area contributed by atoms with Crippen molar-refractivity contribution in [3.8, 4) is 0 Å². The zero-order chi connectivity index (χ0) is 13.3. The van der Waals surface area contributed by atoms with Gasteiger partial charge in [-0.05, 0) is 31.2 Å². The number of benzene rings is 1. The maximum atomic E-state index is 12.4. The van der Waals surface area contributed by atoms with Gasteiger partial charge in [-0.1, -0.05) is 27.5 Å².